The van der Waals surface area contributed by atoms with Crippen molar-refractivity contribution in [3.63, 3.8) is 0 Å². The van der Waals surface area contributed by atoms with E-state index in [1.165, 1.54) is 12.1 Å². The Labute approximate surface area is 165 Å². The van der Waals surface area contributed by atoms with Crippen LogP contribution in [0.5, 0.6) is 0 Å². The molecule has 1 aromatic carbocycles. The van der Waals surface area contributed by atoms with E-state index in [1.54, 1.807) is 4.68 Å². The molecule has 29 heavy (non-hydrogen) atoms. The van der Waals surface area contributed by atoms with Gasteiger partial charge < -0.3 is 14.8 Å². The molecule has 2 atom stereocenters. The third-order valence-corrected chi connectivity index (χ3v) is 5.07. The molecule has 1 spiro atoms. The fraction of sp³-hybridized carbons (Fsp3) is 0.526. The smallest absolute Gasteiger partial charge is 0.416 e. The summed E-state index contributed by atoms with van der Waals surface area (Å²) in [5.74, 6) is 0. The fourth-order valence-corrected chi connectivity index (χ4v) is 3.60. The Morgan fingerprint density at radius 2 is 2.07 bits per heavy atom. The van der Waals surface area contributed by atoms with Gasteiger partial charge in [0.2, 0.25) is 0 Å². The van der Waals surface area contributed by atoms with Crippen LogP contribution in [-0.4, -0.2) is 33.7 Å². The third-order valence-electron chi connectivity index (χ3n) is 5.07. The maximum Gasteiger partial charge on any atom is 0.416 e. The first-order valence-electron chi connectivity index (χ1n) is 9.39. The number of alkyl carbamates (subject to hydrolysis) is 1. The van der Waals surface area contributed by atoms with Crippen LogP contribution in [0.3, 0.4) is 0 Å². The van der Waals surface area contributed by atoms with Gasteiger partial charge in [0.25, 0.3) is 0 Å². The summed E-state index contributed by atoms with van der Waals surface area (Å²) in [6.45, 7) is 4.43. The van der Waals surface area contributed by atoms with Crippen molar-refractivity contribution in [3.8, 4) is 0 Å². The van der Waals surface area contributed by atoms with Crippen LogP contribution in [0, 0.1) is 0 Å². The Morgan fingerprint density at radius 3 is 2.66 bits per heavy atom. The van der Waals surface area contributed by atoms with Crippen LogP contribution in [0.4, 0.5) is 18.0 Å². The van der Waals surface area contributed by atoms with Crippen LogP contribution >= 0.6 is 0 Å². The second-order valence-corrected chi connectivity index (χ2v) is 7.69. The largest absolute Gasteiger partial charge is 0.440 e. The normalized spacial score (nSPS) is 23.2. The van der Waals surface area contributed by atoms with Crippen LogP contribution in [0.15, 0.2) is 24.3 Å². The van der Waals surface area contributed by atoms with E-state index in [0.29, 0.717) is 30.7 Å². The number of aromatic nitrogens is 3. The monoisotopic (exact) mass is 410 g/mol. The molecule has 4 rings (SSSR count). The first-order chi connectivity index (χ1) is 13.7. The lowest BCUT2D eigenvalue weighted by Crippen LogP contribution is -2.34. The molecule has 1 aliphatic carbocycles. The topological polar surface area (TPSA) is 81.6 Å². The van der Waals surface area contributed by atoms with Crippen molar-refractivity contribution in [3.05, 3.63) is 46.8 Å². The van der Waals surface area contributed by atoms with Crippen molar-refractivity contribution in [2.24, 2.45) is 0 Å². The highest BCUT2D eigenvalue weighted by Gasteiger charge is 2.55. The van der Waals surface area contributed by atoms with Gasteiger partial charge in [-0.3, -0.25) is 0 Å². The molecule has 10 heteroatoms. The minimum Gasteiger partial charge on any atom is -0.440 e. The SMILES string of the molecule is CC(C)NC(=O)O[C@@H]1CCC2(CO2)c2c1nnn2Cc1ccc(C(F)(F)F)cc1. The minimum absolute atomic E-state index is 0.0565. The Balaban J connectivity index is 1.57. The van der Waals surface area contributed by atoms with Gasteiger partial charge in [-0.1, -0.05) is 17.3 Å². The molecule has 0 saturated carbocycles. The van der Waals surface area contributed by atoms with Gasteiger partial charge in [-0.2, -0.15) is 13.2 Å². The van der Waals surface area contributed by atoms with Crippen molar-refractivity contribution >= 4 is 6.09 Å². The van der Waals surface area contributed by atoms with Crippen LogP contribution in [-0.2, 0) is 27.8 Å². The number of amides is 1. The number of hydrogen-bond acceptors (Lipinski definition) is 5. The molecular weight excluding hydrogens is 389 g/mol. The molecule has 0 bridgehead atoms. The highest BCUT2D eigenvalue weighted by molar-refractivity contribution is 5.67. The molecule has 156 valence electrons. The van der Waals surface area contributed by atoms with Gasteiger partial charge in [-0.15, -0.1) is 5.10 Å². The molecule has 1 amide bonds. The molecule has 1 unspecified atom stereocenters. The zero-order valence-corrected chi connectivity index (χ0v) is 16.0. The number of halogens is 3. The van der Waals surface area contributed by atoms with Gasteiger partial charge in [0.15, 0.2) is 0 Å². The Bertz CT molecular complexity index is 904. The van der Waals surface area contributed by atoms with E-state index in [9.17, 15) is 18.0 Å². The average molecular weight is 410 g/mol. The van der Waals surface area contributed by atoms with Gasteiger partial charge in [0, 0.05) is 6.04 Å². The molecule has 2 aromatic rings. The number of rotatable bonds is 4. The number of alkyl halides is 3. The van der Waals surface area contributed by atoms with Gasteiger partial charge in [-0.05, 0) is 44.4 Å². The van der Waals surface area contributed by atoms with Crippen molar-refractivity contribution in [2.75, 3.05) is 6.61 Å². The number of nitrogens with zero attached hydrogens (tertiary/aromatic N) is 3. The Kier molecular flexibility index (Phi) is 4.76. The summed E-state index contributed by atoms with van der Waals surface area (Å²) in [7, 11) is 0. The zero-order valence-electron chi connectivity index (χ0n) is 16.0. The van der Waals surface area contributed by atoms with Gasteiger partial charge >= 0.3 is 12.3 Å². The van der Waals surface area contributed by atoms with E-state index in [2.05, 4.69) is 15.6 Å². The number of ether oxygens (including phenoxy) is 2. The first-order valence-corrected chi connectivity index (χ1v) is 9.39. The molecule has 1 saturated heterocycles. The van der Waals surface area contributed by atoms with E-state index in [0.717, 1.165) is 17.8 Å². The standard InChI is InChI=1S/C19H21F3N4O3/c1-11(2)23-17(27)29-14-7-8-18(10-28-18)16-15(14)24-25-26(16)9-12-3-5-13(6-4-12)19(20,21)22/h3-6,11,14H,7-10H2,1-2H3,(H,23,27)/t14-,18?/m1/s1. The lowest BCUT2D eigenvalue weighted by atomic mass is 9.88. The summed E-state index contributed by atoms with van der Waals surface area (Å²) >= 11 is 0. The molecule has 1 fully saturated rings. The number of epoxide rings is 1. The molecular formula is C19H21F3N4O3. The third kappa shape index (κ3) is 3.93. The number of hydrogen-bond donors (Lipinski definition) is 1. The number of nitrogens with one attached hydrogen (secondary N) is 1. The lowest BCUT2D eigenvalue weighted by molar-refractivity contribution is -0.137. The van der Waals surface area contributed by atoms with Crippen molar-refractivity contribution in [2.45, 2.75) is 57.2 Å². The second-order valence-electron chi connectivity index (χ2n) is 7.69. The lowest BCUT2D eigenvalue weighted by Gasteiger charge is -2.26. The highest BCUT2D eigenvalue weighted by Crippen LogP contribution is 2.51. The van der Waals surface area contributed by atoms with Crippen molar-refractivity contribution in [1.82, 2.24) is 20.3 Å². The Hall–Kier alpha value is -2.62. The summed E-state index contributed by atoms with van der Waals surface area (Å²) in [5, 5.41) is 11.1. The van der Waals surface area contributed by atoms with Gasteiger partial charge in [0.05, 0.1) is 18.7 Å². The van der Waals surface area contributed by atoms with Gasteiger partial charge in [0.1, 0.15) is 23.1 Å². The minimum atomic E-state index is -4.38. The molecule has 7 nitrogen and oxygen atoms in total. The molecule has 2 heterocycles. The van der Waals surface area contributed by atoms with Crippen LogP contribution in [0.25, 0.3) is 0 Å². The van der Waals surface area contributed by atoms with Crippen LogP contribution in [0.1, 0.15) is 55.3 Å². The van der Waals surface area contributed by atoms with Crippen LogP contribution in [0.2, 0.25) is 0 Å². The fourth-order valence-electron chi connectivity index (χ4n) is 3.60. The first kappa shape index (κ1) is 19.7. The molecule has 0 radical (unpaired) electrons. The quantitative estimate of drug-likeness (QED) is 0.780. The predicted molar refractivity (Wildman–Crippen MR) is 94.9 cm³/mol. The molecule has 2 aliphatic rings. The second kappa shape index (κ2) is 7.01. The van der Waals surface area contributed by atoms with Crippen molar-refractivity contribution in [1.29, 1.82) is 0 Å². The van der Waals surface area contributed by atoms with E-state index < -0.39 is 29.5 Å². The molecule has 1 N–H and O–H groups in total. The Morgan fingerprint density at radius 1 is 1.38 bits per heavy atom. The summed E-state index contributed by atoms with van der Waals surface area (Å²) in [6, 6.07) is 4.88. The summed E-state index contributed by atoms with van der Waals surface area (Å²) in [6.07, 6.45) is -4.23. The van der Waals surface area contributed by atoms with E-state index in [-0.39, 0.29) is 12.6 Å². The summed E-state index contributed by atoms with van der Waals surface area (Å²) < 4.78 is 51.1. The summed E-state index contributed by atoms with van der Waals surface area (Å²) in [5.41, 5.74) is 0.722. The number of carbonyl (C=O) groups excluding carboxylic acids is 1. The summed E-state index contributed by atoms with van der Waals surface area (Å²) in [4.78, 5) is 12.0. The number of fused-ring (bicyclic) bond motifs is 2. The predicted octanol–water partition coefficient (Wildman–Crippen LogP) is 3.54. The highest BCUT2D eigenvalue weighted by atomic mass is 19.4. The molecule has 1 aliphatic heterocycles. The average Bonchev–Trinajstić information content (AvgIpc) is 3.27. The number of benzene rings is 1. The molecule has 1 aromatic heterocycles. The van der Waals surface area contributed by atoms with Crippen LogP contribution < -0.4 is 5.32 Å². The van der Waals surface area contributed by atoms with E-state index in [1.807, 2.05) is 13.8 Å². The van der Waals surface area contributed by atoms with Crippen molar-refractivity contribution < 1.29 is 27.4 Å². The number of carbonyl (C=O) groups is 1. The maximum absolute atomic E-state index is 12.8. The van der Waals surface area contributed by atoms with Gasteiger partial charge in [-0.25, -0.2) is 9.48 Å². The van der Waals surface area contributed by atoms with E-state index in [4.69, 9.17) is 9.47 Å². The van der Waals surface area contributed by atoms with E-state index >= 15 is 0 Å². The zero-order chi connectivity index (χ0) is 20.8. The maximum atomic E-state index is 12.8.